The van der Waals surface area contributed by atoms with Crippen LogP contribution in [0.4, 0.5) is 0 Å². The maximum absolute atomic E-state index is 12.1. The van der Waals surface area contributed by atoms with Crippen LogP contribution in [-0.4, -0.2) is 94.3 Å². The fraction of sp³-hybridized carbons (Fsp3) is 0.625. The Morgan fingerprint density at radius 1 is 0.717 bits per heavy atom. The molecule has 4 aliphatic rings. The Morgan fingerprint density at radius 3 is 1.93 bits per heavy atom. The average molecular weight is 849 g/mol. The van der Waals surface area contributed by atoms with Gasteiger partial charge in [0.05, 0.1) is 51.3 Å². The van der Waals surface area contributed by atoms with E-state index in [4.69, 9.17) is 47.1 Å². The minimum absolute atomic E-state index is 0.116. The third-order valence-electron chi connectivity index (χ3n) is 13.2. The number of ether oxygens (including phenoxy) is 9. The zero-order chi connectivity index (χ0) is 42.7. The largest absolute Gasteiger partial charge is 0.391 e. The van der Waals surface area contributed by atoms with Crippen LogP contribution in [0.25, 0.3) is 0 Å². The van der Waals surface area contributed by atoms with Crippen molar-refractivity contribution in [2.45, 2.75) is 153 Å². The maximum atomic E-state index is 12.1. The van der Waals surface area contributed by atoms with E-state index in [1.165, 1.54) is 0 Å². The third-order valence-corrected chi connectivity index (χ3v) is 19.2. The van der Waals surface area contributed by atoms with Gasteiger partial charge < -0.3 is 52.2 Å². The van der Waals surface area contributed by atoms with Crippen molar-refractivity contribution in [1.29, 1.82) is 0 Å². The molecular formula is C48H68O11Si. The summed E-state index contributed by atoms with van der Waals surface area (Å²) in [7, 11) is -2.32. The van der Waals surface area contributed by atoms with Crippen LogP contribution in [0.2, 0.25) is 16.6 Å². The van der Waals surface area contributed by atoms with Gasteiger partial charge in [-0.1, -0.05) is 146 Å². The van der Waals surface area contributed by atoms with E-state index in [0.717, 1.165) is 16.7 Å². The number of hydrogen-bond donors (Lipinski definition) is 1. The highest BCUT2D eigenvalue weighted by Gasteiger charge is 2.69. The molecule has 12 atom stereocenters. The summed E-state index contributed by atoms with van der Waals surface area (Å²) < 4.78 is 67.7. The van der Waals surface area contributed by atoms with E-state index in [1.807, 2.05) is 105 Å². The summed E-state index contributed by atoms with van der Waals surface area (Å²) in [6.45, 7) is 21.0. The van der Waals surface area contributed by atoms with Crippen molar-refractivity contribution >= 4 is 8.32 Å². The highest BCUT2D eigenvalue weighted by Crippen LogP contribution is 2.52. The van der Waals surface area contributed by atoms with Crippen LogP contribution < -0.4 is 0 Å². The first-order chi connectivity index (χ1) is 28.8. The second kappa shape index (κ2) is 19.4. The van der Waals surface area contributed by atoms with Crippen LogP contribution in [0.1, 0.15) is 85.3 Å². The van der Waals surface area contributed by atoms with Crippen molar-refractivity contribution in [3.05, 3.63) is 108 Å². The summed E-state index contributed by atoms with van der Waals surface area (Å²) in [6, 6.07) is 29.9. The van der Waals surface area contributed by atoms with E-state index in [1.54, 1.807) is 0 Å². The lowest BCUT2D eigenvalue weighted by Crippen LogP contribution is -2.64. The Bertz CT molecular complexity index is 1750. The Kier molecular flexibility index (Phi) is 14.7. The lowest BCUT2D eigenvalue weighted by Gasteiger charge is -2.51. The third kappa shape index (κ3) is 9.23. The molecule has 4 heterocycles. The fourth-order valence-corrected chi connectivity index (χ4v) is 15.4. The summed E-state index contributed by atoms with van der Waals surface area (Å²) in [4.78, 5) is 0. The molecule has 0 saturated carbocycles. The van der Waals surface area contributed by atoms with Crippen molar-refractivity contribution in [2.24, 2.45) is 11.8 Å². The average Bonchev–Trinajstić information content (AvgIpc) is 3.73. The van der Waals surface area contributed by atoms with Gasteiger partial charge in [-0.25, -0.2) is 0 Å². The van der Waals surface area contributed by atoms with E-state index < -0.39 is 69.1 Å². The number of aliphatic hydroxyl groups excluding tert-OH is 1. The SMILES string of the molecule is CC1O[C@@H](O[Si](C(C)C)(C(C)C)C(C)C)[C@@H](C)C(O)[C@H]1O[C@@H]1OC[C@@H](C)C(OC23COC[C@@]2(COCc2ccccc2)O[C@@H](c2ccccc2)O3)[C@H]1OCc1ccccc1. The molecule has 0 radical (unpaired) electrons. The molecule has 4 fully saturated rings. The van der Waals surface area contributed by atoms with Gasteiger partial charge in [0.2, 0.25) is 14.1 Å². The summed E-state index contributed by atoms with van der Waals surface area (Å²) in [6.07, 6.45) is -5.72. The second-order valence-electron chi connectivity index (χ2n) is 18.3. The van der Waals surface area contributed by atoms with Crippen molar-refractivity contribution in [2.75, 3.05) is 26.4 Å². The van der Waals surface area contributed by atoms with E-state index in [0.29, 0.717) is 29.8 Å². The van der Waals surface area contributed by atoms with Crippen LogP contribution in [0, 0.1) is 11.8 Å². The summed E-state index contributed by atoms with van der Waals surface area (Å²) >= 11 is 0. The first-order valence-electron chi connectivity index (χ1n) is 22.0. The Balaban J connectivity index is 1.16. The van der Waals surface area contributed by atoms with Crippen molar-refractivity contribution in [3.8, 4) is 0 Å². The van der Waals surface area contributed by atoms with Gasteiger partial charge in [-0.3, -0.25) is 0 Å². The minimum Gasteiger partial charge on any atom is -0.391 e. The smallest absolute Gasteiger partial charge is 0.229 e. The molecular weight excluding hydrogens is 781 g/mol. The van der Waals surface area contributed by atoms with E-state index in [2.05, 4.69) is 48.5 Å². The van der Waals surface area contributed by atoms with E-state index >= 15 is 0 Å². The molecule has 4 unspecified atom stereocenters. The lowest BCUT2D eigenvalue weighted by atomic mass is 9.91. The highest BCUT2D eigenvalue weighted by atomic mass is 28.4. The summed E-state index contributed by atoms with van der Waals surface area (Å²) in [5, 5.41) is 12.1. The van der Waals surface area contributed by atoms with Crippen molar-refractivity contribution in [1.82, 2.24) is 0 Å². The molecule has 1 N–H and O–H groups in total. The molecule has 330 valence electrons. The molecule has 0 bridgehead atoms. The molecule has 12 heteroatoms. The quantitative estimate of drug-likeness (QED) is 0.132. The molecule has 3 aromatic rings. The minimum atomic E-state index is -2.32. The molecule has 4 saturated heterocycles. The second-order valence-corrected chi connectivity index (χ2v) is 23.7. The molecule has 0 aromatic heterocycles. The Labute approximate surface area is 358 Å². The van der Waals surface area contributed by atoms with Crippen molar-refractivity contribution in [3.63, 3.8) is 0 Å². The van der Waals surface area contributed by atoms with Crippen LogP contribution in [0.3, 0.4) is 0 Å². The number of fused-ring (bicyclic) bond motifs is 1. The first kappa shape index (κ1) is 45.5. The molecule has 3 aromatic carbocycles. The molecule has 11 nitrogen and oxygen atoms in total. The zero-order valence-electron chi connectivity index (χ0n) is 36.9. The molecule has 0 spiro atoms. The Hall–Kier alpha value is -2.56. The summed E-state index contributed by atoms with van der Waals surface area (Å²) in [5.41, 5.74) is 2.88. The molecule has 0 amide bonds. The van der Waals surface area contributed by atoms with Gasteiger partial charge in [-0.15, -0.1) is 0 Å². The normalized spacial score (nSPS) is 34.8. The number of rotatable bonds is 17. The number of benzene rings is 3. The highest BCUT2D eigenvalue weighted by molar-refractivity contribution is 6.77. The van der Waals surface area contributed by atoms with Crippen LogP contribution in [0.15, 0.2) is 91.0 Å². The molecule has 0 aliphatic carbocycles. The predicted molar refractivity (Wildman–Crippen MR) is 229 cm³/mol. The van der Waals surface area contributed by atoms with Gasteiger partial charge in [0.25, 0.3) is 0 Å². The summed E-state index contributed by atoms with van der Waals surface area (Å²) in [5.74, 6) is -1.89. The Morgan fingerprint density at radius 2 is 1.32 bits per heavy atom. The standard InChI is InChI=1S/C48H68O11Si/c1-31(2)60(32(3)4,33(5)6)59-44-35(8)40(49)42(36(9)54-44)55-46-43(52-27-38-21-15-11-16-22-38)41(34(7)25-53-46)56-48-30-51-29-47(48,28-50-26-37-19-13-10-14-20-37)57-45(58-48)39-23-17-12-18-24-39/h10-24,31-36,40-46,49H,25-30H2,1-9H3/t34-,35+,36?,40?,41?,42+,43-,44+,45-,46+,47-,48?/m1/s1. The monoisotopic (exact) mass is 848 g/mol. The van der Waals surface area contributed by atoms with Crippen molar-refractivity contribution < 1.29 is 52.2 Å². The first-order valence-corrected chi connectivity index (χ1v) is 24.1. The zero-order valence-corrected chi connectivity index (χ0v) is 37.9. The number of aliphatic hydroxyl groups is 1. The van der Waals surface area contributed by atoms with Gasteiger partial charge in [0.1, 0.15) is 18.8 Å². The van der Waals surface area contributed by atoms with Crippen LogP contribution in [-0.2, 0) is 60.3 Å². The van der Waals surface area contributed by atoms with Gasteiger partial charge >= 0.3 is 0 Å². The topological polar surface area (TPSA) is 113 Å². The van der Waals surface area contributed by atoms with Crippen LogP contribution in [0.5, 0.6) is 0 Å². The van der Waals surface area contributed by atoms with Gasteiger partial charge in [-0.05, 0) is 34.7 Å². The van der Waals surface area contributed by atoms with Gasteiger partial charge in [0.15, 0.2) is 24.5 Å². The molecule has 7 rings (SSSR count). The fourth-order valence-electron chi connectivity index (χ4n) is 9.88. The molecule has 60 heavy (non-hydrogen) atoms. The van der Waals surface area contributed by atoms with Gasteiger partial charge in [0, 0.05) is 17.4 Å². The maximum Gasteiger partial charge on any atom is 0.229 e. The van der Waals surface area contributed by atoms with E-state index in [9.17, 15) is 5.11 Å². The number of hydrogen-bond acceptors (Lipinski definition) is 11. The molecule has 4 aliphatic heterocycles. The lowest BCUT2D eigenvalue weighted by molar-refractivity contribution is -0.358. The predicted octanol–water partition coefficient (Wildman–Crippen LogP) is 8.70. The van der Waals surface area contributed by atoms with Gasteiger partial charge in [-0.2, -0.15) is 0 Å². The van der Waals surface area contributed by atoms with E-state index in [-0.39, 0.29) is 38.3 Å². The van der Waals surface area contributed by atoms with Crippen LogP contribution >= 0.6 is 0 Å².